The van der Waals surface area contributed by atoms with E-state index in [-0.39, 0.29) is 18.0 Å². The molecule has 1 aliphatic rings. The Morgan fingerprint density at radius 2 is 2.09 bits per heavy atom. The lowest BCUT2D eigenvalue weighted by Crippen LogP contribution is -2.24. The summed E-state index contributed by atoms with van der Waals surface area (Å²) >= 11 is 0. The van der Waals surface area contributed by atoms with Crippen LogP contribution in [0.4, 0.5) is 4.39 Å². The van der Waals surface area contributed by atoms with Crippen LogP contribution >= 0.6 is 0 Å². The van der Waals surface area contributed by atoms with Gasteiger partial charge in [-0.15, -0.1) is 0 Å². The van der Waals surface area contributed by atoms with Crippen molar-refractivity contribution in [2.45, 2.75) is 25.1 Å². The summed E-state index contributed by atoms with van der Waals surface area (Å²) in [7, 11) is 1.63. The van der Waals surface area contributed by atoms with Gasteiger partial charge in [-0.2, -0.15) is 0 Å². The van der Waals surface area contributed by atoms with Crippen molar-refractivity contribution in [3.05, 3.63) is 59.7 Å². The first-order chi connectivity index (χ1) is 10.7. The summed E-state index contributed by atoms with van der Waals surface area (Å²) in [6.45, 7) is 1.21. The third-order valence-corrected chi connectivity index (χ3v) is 4.02. The summed E-state index contributed by atoms with van der Waals surface area (Å²) in [6, 6.07) is 10.3. The minimum atomic E-state index is -0.374. The van der Waals surface area contributed by atoms with E-state index in [0.717, 1.165) is 17.0 Å². The number of likely N-dealkylation sites (tertiary alicyclic amines) is 1. The van der Waals surface area contributed by atoms with Crippen LogP contribution in [0.3, 0.4) is 0 Å². The fourth-order valence-electron chi connectivity index (χ4n) is 2.96. The van der Waals surface area contributed by atoms with Crippen molar-refractivity contribution >= 4 is 0 Å². The van der Waals surface area contributed by atoms with Gasteiger partial charge in [-0.3, -0.25) is 9.88 Å². The van der Waals surface area contributed by atoms with Gasteiger partial charge in [-0.1, -0.05) is 12.1 Å². The second kappa shape index (κ2) is 6.42. The topological polar surface area (TPSA) is 45.6 Å². The van der Waals surface area contributed by atoms with Gasteiger partial charge in [-0.25, -0.2) is 4.39 Å². The van der Waals surface area contributed by atoms with Gasteiger partial charge in [0.25, 0.3) is 0 Å². The van der Waals surface area contributed by atoms with Gasteiger partial charge in [0.15, 0.2) is 0 Å². The van der Waals surface area contributed by atoms with E-state index in [9.17, 15) is 9.50 Å². The van der Waals surface area contributed by atoms with Crippen LogP contribution in [0, 0.1) is 5.82 Å². The molecule has 1 aromatic heterocycles. The third-order valence-electron chi connectivity index (χ3n) is 4.02. The number of halogens is 1. The first-order valence-corrected chi connectivity index (χ1v) is 7.32. The molecule has 0 radical (unpaired) electrons. The van der Waals surface area contributed by atoms with Crippen LogP contribution in [0.25, 0.3) is 0 Å². The van der Waals surface area contributed by atoms with Crippen LogP contribution in [0.2, 0.25) is 0 Å². The van der Waals surface area contributed by atoms with Gasteiger partial charge in [0.1, 0.15) is 11.6 Å². The van der Waals surface area contributed by atoms with Crippen molar-refractivity contribution in [3.63, 3.8) is 0 Å². The first kappa shape index (κ1) is 14.9. The maximum atomic E-state index is 13.1. The second-order valence-electron chi connectivity index (χ2n) is 5.57. The van der Waals surface area contributed by atoms with E-state index >= 15 is 0 Å². The Kier molecular flexibility index (Phi) is 4.36. The van der Waals surface area contributed by atoms with Crippen molar-refractivity contribution in [1.82, 2.24) is 9.88 Å². The van der Waals surface area contributed by atoms with E-state index in [0.29, 0.717) is 19.5 Å². The highest BCUT2D eigenvalue weighted by Gasteiger charge is 2.32. The molecule has 1 aliphatic heterocycles. The maximum Gasteiger partial charge on any atom is 0.123 e. The van der Waals surface area contributed by atoms with E-state index in [1.54, 1.807) is 31.5 Å². The molecule has 2 heterocycles. The van der Waals surface area contributed by atoms with Crippen LogP contribution in [-0.4, -0.2) is 34.7 Å². The van der Waals surface area contributed by atoms with Gasteiger partial charge in [0.05, 0.1) is 18.9 Å². The lowest BCUT2D eigenvalue weighted by atomic mass is 10.0. The minimum Gasteiger partial charge on any atom is -0.497 e. The molecule has 1 aromatic carbocycles. The number of methoxy groups -OCH3 is 1. The van der Waals surface area contributed by atoms with Crippen LogP contribution in [0.1, 0.15) is 23.7 Å². The van der Waals surface area contributed by atoms with Gasteiger partial charge in [0, 0.05) is 31.4 Å². The number of pyridine rings is 1. The summed E-state index contributed by atoms with van der Waals surface area (Å²) in [5, 5.41) is 10.0. The zero-order valence-corrected chi connectivity index (χ0v) is 12.4. The van der Waals surface area contributed by atoms with E-state index in [4.69, 9.17) is 4.74 Å². The van der Waals surface area contributed by atoms with E-state index in [1.807, 2.05) is 6.07 Å². The molecule has 2 atom stereocenters. The molecule has 0 amide bonds. The molecular formula is C17H19FN2O2. The zero-order valence-electron chi connectivity index (χ0n) is 12.4. The number of nitrogens with zero attached hydrogens (tertiary/aromatic N) is 2. The van der Waals surface area contributed by atoms with Gasteiger partial charge >= 0.3 is 0 Å². The molecule has 0 saturated carbocycles. The van der Waals surface area contributed by atoms with Gasteiger partial charge in [0.2, 0.25) is 0 Å². The first-order valence-electron chi connectivity index (χ1n) is 7.32. The number of aliphatic hydroxyl groups is 1. The van der Waals surface area contributed by atoms with E-state index in [1.165, 1.54) is 12.1 Å². The maximum absolute atomic E-state index is 13.1. The highest BCUT2D eigenvalue weighted by atomic mass is 19.1. The monoisotopic (exact) mass is 302 g/mol. The molecular weight excluding hydrogens is 283 g/mol. The van der Waals surface area contributed by atoms with Crippen molar-refractivity contribution < 1.29 is 14.2 Å². The highest BCUT2D eigenvalue weighted by molar-refractivity contribution is 5.24. The molecule has 1 N–H and O–H groups in total. The van der Waals surface area contributed by atoms with Crippen molar-refractivity contribution in [1.29, 1.82) is 0 Å². The number of β-amino-alcohol motifs (C(OH)–C–C–N with tert-alkyl or cyclic N) is 1. The summed E-state index contributed by atoms with van der Waals surface area (Å²) in [5.74, 6) is 0.520. The lowest BCUT2D eigenvalue weighted by Gasteiger charge is -2.24. The average molecular weight is 302 g/mol. The molecule has 0 bridgehead atoms. The molecule has 116 valence electrons. The van der Waals surface area contributed by atoms with Gasteiger partial charge in [-0.05, 0) is 30.2 Å². The van der Waals surface area contributed by atoms with E-state index < -0.39 is 0 Å². The molecule has 22 heavy (non-hydrogen) atoms. The molecule has 5 heteroatoms. The largest absolute Gasteiger partial charge is 0.497 e. The van der Waals surface area contributed by atoms with Crippen LogP contribution in [0.15, 0.2) is 42.6 Å². The molecule has 0 spiro atoms. The quantitative estimate of drug-likeness (QED) is 0.943. The summed E-state index contributed by atoms with van der Waals surface area (Å²) in [6.07, 6.45) is 1.99. The molecule has 1 saturated heterocycles. The van der Waals surface area contributed by atoms with E-state index in [2.05, 4.69) is 9.88 Å². The highest BCUT2D eigenvalue weighted by Crippen LogP contribution is 2.33. The molecule has 1 fully saturated rings. The number of benzene rings is 1. The van der Waals surface area contributed by atoms with Crippen LogP contribution < -0.4 is 4.74 Å². The molecule has 0 unspecified atom stereocenters. The zero-order chi connectivity index (χ0) is 15.5. The van der Waals surface area contributed by atoms with Crippen LogP contribution in [0.5, 0.6) is 5.75 Å². The fourth-order valence-corrected chi connectivity index (χ4v) is 2.96. The fraction of sp³-hybridized carbons (Fsp3) is 0.353. The van der Waals surface area contributed by atoms with Crippen molar-refractivity contribution in [3.8, 4) is 5.75 Å². The molecule has 4 nitrogen and oxygen atoms in total. The predicted octanol–water partition coefficient (Wildman–Crippen LogP) is 2.54. The Balaban J connectivity index is 1.79. The number of ether oxygens (including phenoxy) is 1. The number of rotatable bonds is 4. The van der Waals surface area contributed by atoms with Crippen molar-refractivity contribution in [2.24, 2.45) is 0 Å². The van der Waals surface area contributed by atoms with Crippen molar-refractivity contribution in [2.75, 3.05) is 13.7 Å². The Hall–Kier alpha value is -1.98. The lowest BCUT2D eigenvalue weighted by molar-refractivity contribution is 0.172. The summed E-state index contributed by atoms with van der Waals surface area (Å²) in [5.41, 5.74) is 1.90. The SMILES string of the molecule is COc1ccnc(CN2C[C@H](O)C[C@H]2c2ccc(F)cc2)c1. The molecule has 3 rings (SSSR count). The normalized spacial score (nSPS) is 22.0. The summed E-state index contributed by atoms with van der Waals surface area (Å²) in [4.78, 5) is 6.52. The number of hydrogen-bond donors (Lipinski definition) is 1. The Morgan fingerprint density at radius 1 is 1.32 bits per heavy atom. The Morgan fingerprint density at radius 3 is 2.82 bits per heavy atom. The summed E-state index contributed by atoms with van der Waals surface area (Å²) < 4.78 is 18.3. The van der Waals surface area contributed by atoms with Crippen LogP contribution in [-0.2, 0) is 6.54 Å². The second-order valence-corrected chi connectivity index (χ2v) is 5.57. The molecule has 0 aliphatic carbocycles. The standard InChI is InChI=1S/C17H19FN2O2/c1-22-16-6-7-19-14(8-16)10-20-11-15(21)9-17(20)12-2-4-13(18)5-3-12/h2-8,15,17,21H,9-11H2,1H3/t15-,17+/m1/s1. The smallest absolute Gasteiger partial charge is 0.123 e. The third kappa shape index (κ3) is 3.26. The number of hydrogen-bond acceptors (Lipinski definition) is 4. The number of aliphatic hydroxyl groups excluding tert-OH is 1. The molecule has 2 aromatic rings. The van der Waals surface area contributed by atoms with Gasteiger partial charge < -0.3 is 9.84 Å². The Bertz CT molecular complexity index is 633. The predicted molar refractivity (Wildman–Crippen MR) is 81.0 cm³/mol. The Labute approximate surface area is 129 Å². The minimum absolute atomic E-state index is 0.0728. The number of aromatic nitrogens is 1. The average Bonchev–Trinajstić information content (AvgIpc) is 2.89.